The van der Waals surface area contributed by atoms with Crippen molar-refractivity contribution in [3.63, 3.8) is 0 Å². The fourth-order valence-electron chi connectivity index (χ4n) is 5.33. The summed E-state index contributed by atoms with van der Waals surface area (Å²) in [6, 6.07) is 14.1. The molecule has 0 spiro atoms. The molecule has 0 nitrogen and oxygen atoms in total. The van der Waals surface area contributed by atoms with Crippen LogP contribution in [-0.2, 0) is 16.1 Å². The third-order valence-corrected chi connectivity index (χ3v) is 7.12. The average molecular weight is 464 g/mol. The predicted molar refractivity (Wildman–Crippen MR) is 117 cm³/mol. The summed E-state index contributed by atoms with van der Waals surface area (Å²) in [6.07, 6.45) is 0. The van der Waals surface area contributed by atoms with Crippen LogP contribution in [-0.4, -0.2) is 0 Å². The van der Waals surface area contributed by atoms with Gasteiger partial charge in [-0.3, -0.25) is 0 Å². The SMILES string of the molecule is CC(C)(C)C1(C(C)(C)C)c2cc(CBr)ccc2-c2ccc(CBr)cc21. The van der Waals surface area contributed by atoms with Gasteiger partial charge < -0.3 is 0 Å². The predicted octanol–water partition coefficient (Wildman–Crippen LogP) is 7.84. The highest BCUT2D eigenvalue weighted by Crippen LogP contribution is 2.64. The van der Waals surface area contributed by atoms with Gasteiger partial charge in [0.15, 0.2) is 0 Å². The van der Waals surface area contributed by atoms with E-state index in [0.717, 1.165) is 10.7 Å². The summed E-state index contributed by atoms with van der Waals surface area (Å²) in [5, 5.41) is 1.79. The second kappa shape index (κ2) is 6.23. The maximum absolute atomic E-state index is 3.66. The number of alkyl halides is 2. The van der Waals surface area contributed by atoms with Crippen molar-refractivity contribution in [3.05, 3.63) is 58.7 Å². The number of hydrogen-bond acceptors (Lipinski definition) is 0. The minimum absolute atomic E-state index is 0.0268. The van der Waals surface area contributed by atoms with Crippen molar-refractivity contribution in [3.8, 4) is 11.1 Å². The standard InChI is InChI=1S/C23H28Br2/c1-21(2,3)23(22(4,5)6)19-11-15(13-24)7-9-17(19)18-10-8-16(14-25)12-20(18)23/h7-12H,13-14H2,1-6H3. The lowest BCUT2D eigenvalue weighted by atomic mass is 9.50. The molecule has 0 fully saturated rings. The van der Waals surface area contributed by atoms with Gasteiger partial charge in [0, 0.05) is 16.1 Å². The van der Waals surface area contributed by atoms with Gasteiger partial charge in [-0.05, 0) is 44.2 Å². The molecule has 0 heterocycles. The Labute approximate surface area is 169 Å². The van der Waals surface area contributed by atoms with Crippen LogP contribution in [0.2, 0.25) is 0 Å². The van der Waals surface area contributed by atoms with Gasteiger partial charge in [-0.15, -0.1) is 0 Å². The smallest absolute Gasteiger partial charge is 0.0311 e. The maximum atomic E-state index is 3.66. The van der Waals surface area contributed by atoms with Gasteiger partial charge >= 0.3 is 0 Å². The van der Waals surface area contributed by atoms with Gasteiger partial charge in [-0.25, -0.2) is 0 Å². The van der Waals surface area contributed by atoms with Crippen LogP contribution in [0.1, 0.15) is 63.8 Å². The molecule has 1 aliphatic rings. The molecule has 3 rings (SSSR count). The van der Waals surface area contributed by atoms with Gasteiger partial charge in [0.05, 0.1) is 0 Å². The van der Waals surface area contributed by atoms with Crippen LogP contribution in [0.4, 0.5) is 0 Å². The quantitative estimate of drug-likeness (QED) is 0.398. The van der Waals surface area contributed by atoms with Crippen molar-refractivity contribution < 1.29 is 0 Å². The Morgan fingerprint density at radius 1 is 0.680 bits per heavy atom. The van der Waals surface area contributed by atoms with Gasteiger partial charge in [0.25, 0.3) is 0 Å². The number of fused-ring (bicyclic) bond motifs is 3. The van der Waals surface area contributed by atoms with Crippen molar-refractivity contribution in [2.45, 2.75) is 57.6 Å². The van der Waals surface area contributed by atoms with Crippen molar-refractivity contribution in [2.24, 2.45) is 10.8 Å². The number of benzene rings is 2. The first-order valence-corrected chi connectivity index (χ1v) is 11.2. The molecular formula is C23H28Br2. The molecule has 0 saturated heterocycles. The zero-order chi connectivity index (χ0) is 18.6. The number of rotatable bonds is 2. The fraction of sp³-hybridized carbons (Fsp3) is 0.478. The molecule has 0 N–H and O–H groups in total. The van der Waals surface area contributed by atoms with Crippen molar-refractivity contribution in [1.29, 1.82) is 0 Å². The number of halogens is 2. The second-order valence-electron chi connectivity index (χ2n) is 9.28. The van der Waals surface area contributed by atoms with Gasteiger partial charge in [0.1, 0.15) is 0 Å². The average Bonchev–Trinajstić information content (AvgIpc) is 2.83. The summed E-state index contributed by atoms with van der Waals surface area (Å²) in [7, 11) is 0. The first-order valence-electron chi connectivity index (χ1n) is 8.97. The zero-order valence-corrected chi connectivity index (χ0v) is 19.3. The lowest BCUT2D eigenvalue weighted by Crippen LogP contribution is -2.50. The Bertz CT molecular complexity index is 734. The van der Waals surface area contributed by atoms with Crippen LogP contribution in [0.3, 0.4) is 0 Å². The van der Waals surface area contributed by atoms with Crippen LogP contribution in [0.5, 0.6) is 0 Å². The van der Waals surface area contributed by atoms with E-state index >= 15 is 0 Å². The Morgan fingerprint density at radius 3 is 1.32 bits per heavy atom. The highest BCUT2D eigenvalue weighted by Gasteiger charge is 2.57. The molecule has 0 unspecified atom stereocenters. The van der Waals surface area contributed by atoms with E-state index in [2.05, 4.69) is 110 Å². The molecule has 134 valence electrons. The van der Waals surface area contributed by atoms with E-state index in [0.29, 0.717) is 0 Å². The van der Waals surface area contributed by atoms with Gasteiger partial charge in [-0.2, -0.15) is 0 Å². The molecule has 1 aliphatic carbocycles. The summed E-state index contributed by atoms with van der Waals surface area (Å²) in [5.41, 5.74) is 8.67. The topological polar surface area (TPSA) is 0 Å². The third kappa shape index (κ3) is 2.67. The minimum atomic E-state index is -0.0268. The third-order valence-electron chi connectivity index (χ3n) is 5.82. The van der Waals surface area contributed by atoms with E-state index in [9.17, 15) is 0 Å². The molecule has 0 aliphatic heterocycles. The summed E-state index contributed by atoms with van der Waals surface area (Å²) in [4.78, 5) is 0. The van der Waals surface area contributed by atoms with E-state index in [1.807, 2.05) is 0 Å². The largest absolute Gasteiger partial charge is 0.0876 e. The van der Waals surface area contributed by atoms with E-state index in [1.54, 1.807) is 0 Å². The lowest BCUT2D eigenvalue weighted by molar-refractivity contribution is 0.0949. The normalized spacial score (nSPS) is 15.8. The number of hydrogen-bond donors (Lipinski definition) is 0. The van der Waals surface area contributed by atoms with E-state index < -0.39 is 0 Å². The first kappa shape index (κ1) is 19.2. The van der Waals surface area contributed by atoms with Crippen LogP contribution in [0, 0.1) is 10.8 Å². The second-order valence-corrected chi connectivity index (χ2v) is 10.4. The molecule has 2 aromatic rings. The van der Waals surface area contributed by atoms with Crippen molar-refractivity contribution >= 4 is 31.9 Å². The lowest BCUT2D eigenvalue weighted by Gasteiger charge is -2.53. The van der Waals surface area contributed by atoms with Crippen LogP contribution in [0.15, 0.2) is 36.4 Å². The summed E-state index contributed by atoms with van der Waals surface area (Å²) in [5.74, 6) is 0. The van der Waals surface area contributed by atoms with E-state index in [4.69, 9.17) is 0 Å². The highest BCUT2D eigenvalue weighted by molar-refractivity contribution is 9.08. The summed E-state index contributed by atoms with van der Waals surface area (Å²) >= 11 is 7.31. The van der Waals surface area contributed by atoms with E-state index in [-0.39, 0.29) is 16.2 Å². The Balaban J connectivity index is 2.49. The first-order chi connectivity index (χ1) is 11.6. The van der Waals surface area contributed by atoms with Crippen LogP contribution in [0.25, 0.3) is 11.1 Å². The Morgan fingerprint density at radius 2 is 1.04 bits per heavy atom. The molecule has 0 aromatic heterocycles. The molecular weight excluding hydrogens is 436 g/mol. The van der Waals surface area contributed by atoms with Crippen molar-refractivity contribution in [1.82, 2.24) is 0 Å². The van der Waals surface area contributed by atoms with Gasteiger partial charge in [-0.1, -0.05) is 110 Å². The molecule has 0 radical (unpaired) electrons. The van der Waals surface area contributed by atoms with Gasteiger partial charge in [0.2, 0.25) is 0 Å². The summed E-state index contributed by atoms with van der Waals surface area (Å²) < 4.78 is 0. The molecule has 25 heavy (non-hydrogen) atoms. The van der Waals surface area contributed by atoms with Crippen molar-refractivity contribution in [2.75, 3.05) is 0 Å². The molecule has 2 aromatic carbocycles. The molecule has 0 saturated carbocycles. The van der Waals surface area contributed by atoms with Crippen LogP contribution < -0.4 is 0 Å². The molecule has 0 bridgehead atoms. The maximum Gasteiger partial charge on any atom is 0.0311 e. The van der Waals surface area contributed by atoms with Crippen LogP contribution >= 0.6 is 31.9 Å². The summed E-state index contributed by atoms with van der Waals surface area (Å²) in [6.45, 7) is 14.4. The Kier molecular flexibility index (Phi) is 4.78. The molecule has 2 heteroatoms. The van der Waals surface area contributed by atoms with E-state index in [1.165, 1.54) is 33.4 Å². The molecule has 0 atom stereocenters. The minimum Gasteiger partial charge on any atom is -0.0876 e. The fourth-order valence-corrected chi connectivity index (χ4v) is 6.02. The zero-order valence-electron chi connectivity index (χ0n) is 16.1. The molecule has 0 amide bonds. The monoisotopic (exact) mass is 462 g/mol. The highest BCUT2D eigenvalue weighted by atomic mass is 79.9. The Hall–Kier alpha value is -0.600.